The summed E-state index contributed by atoms with van der Waals surface area (Å²) in [4.78, 5) is 9.16. The van der Waals surface area contributed by atoms with Gasteiger partial charge in [-0.3, -0.25) is 19.6 Å². The lowest BCUT2D eigenvalue weighted by atomic mass is 9.88. The third kappa shape index (κ3) is 15.1. The molecule has 0 N–H and O–H groups in total. The fraction of sp³-hybridized carbons (Fsp3) is 0.276. The molecule has 8 heterocycles. The zero-order valence-electron chi connectivity index (χ0n) is 76.4. The van der Waals surface area contributed by atoms with E-state index in [9.17, 15) is 0 Å². The van der Waals surface area contributed by atoms with Crippen LogP contribution < -0.4 is 76.4 Å². The second-order valence-corrected chi connectivity index (χ2v) is 36.2. The molecule has 0 spiro atoms. The Labute approximate surface area is 773 Å². The average Bonchev–Trinajstić information content (AvgIpc) is 0.731. The van der Waals surface area contributed by atoms with Crippen LogP contribution in [-0.2, 0) is 0 Å². The Hall–Kier alpha value is -14.1. The molecule has 0 bridgehead atoms. The van der Waals surface area contributed by atoms with Crippen molar-refractivity contribution in [2.75, 3.05) is 46.0 Å². The van der Waals surface area contributed by atoms with Crippen molar-refractivity contribution in [2.24, 2.45) is 23.7 Å². The molecule has 14 aromatic carbocycles. The molecule has 14 aromatic rings. The summed E-state index contributed by atoms with van der Waals surface area (Å²) in [6.45, 7) is 20.2. The third-order valence-corrected chi connectivity index (χ3v) is 27.6. The molecule has 0 fully saturated rings. The smallest absolute Gasteiger partial charge is 0.155 e. The lowest BCUT2D eigenvalue weighted by molar-refractivity contribution is 0.234. The first-order chi connectivity index (χ1) is 65.0. The predicted octanol–water partition coefficient (Wildman–Crippen LogP) is 35.1. The molecule has 0 aromatic heterocycles. The Morgan fingerprint density at radius 2 is 0.402 bits per heavy atom. The van der Waals surface area contributed by atoms with E-state index < -0.39 is 0 Å². The van der Waals surface area contributed by atoms with Gasteiger partial charge in [0.05, 0.1) is 71.9 Å². The SMILES string of the molecule is CCCCC(CC)COc1cc2c(cc1-c1cc(-c3cc(-c4cc5c(cc4OCC(CC)CCCC)N4c6ccccc6Oc6cccc(c64)O5)cc(-c4cc5c(cc4OCC(CC)CCCC)N4c6ccccc6Oc6cccc(c64)O5)c3)cc(-c3cc4c(cc3OCC(CC)CCCC)N3c5ccccc5Oc5cccc(c53)O4)c1)Oc1cccc3c1N2c1ccccc1O3. The fourth-order valence-corrected chi connectivity index (χ4v) is 20.1. The molecular weight excluding hydrogens is 1640 g/mol. The van der Waals surface area contributed by atoms with Gasteiger partial charge in [0.1, 0.15) is 45.7 Å². The van der Waals surface area contributed by atoms with E-state index in [1.165, 1.54) is 0 Å². The minimum Gasteiger partial charge on any atom is -0.493 e. The highest BCUT2D eigenvalue weighted by Gasteiger charge is 2.42. The van der Waals surface area contributed by atoms with Crippen molar-refractivity contribution in [2.45, 2.75) is 158 Å². The van der Waals surface area contributed by atoms with Crippen molar-refractivity contribution in [3.8, 4) is 171 Å². The highest BCUT2D eigenvalue weighted by molar-refractivity contribution is 6.02. The van der Waals surface area contributed by atoms with Gasteiger partial charge >= 0.3 is 0 Å². The number of rotatable bonds is 33. The molecule has 0 saturated heterocycles. The van der Waals surface area contributed by atoms with Crippen molar-refractivity contribution in [1.29, 1.82) is 0 Å². The van der Waals surface area contributed by atoms with Gasteiger partial charge in [-0.05, 0) is 240 Å². The number of nitrogens with zero attached hydrogens (tertiary/aromatic N) is 4. The lowest BCUT2D eigenvalue weighted by Gasteiger charge is -2.38. The van der Waals surface area contributed by atoms with E-state index in [0.29, 0.717) is 118 Å². The van der Waals surface area contributed by atoms with Crippen LogP contribution in [-0.4, -0.2) is 26.4 Å². The number of para-hydroxylation sites is 12. The number of ether oxygens (including phenoxy) is 12. The highest BCUT2D eigenvalue weighted by atomic mass is 16.5. The van der Waals surface area contributed by atoms with E-state index >= 15 is 0 Å². The Kier molecular flexibility index (Phi) is 22.5. The molecule has 4 unspecified atom stereocenters. The zero-order chi connectivity index (χ0) is 89.2. The summed E-state index contributed by atoms with van der Waals surface area (Å²) >= 11 is 0. The number of unbranched alkanes of at least 4 members (excludes halogenated alkanes) is 4. The Balaban J connectivity index is 0.824. The molecule has 0 amide bonds. The van der Waals surface area contributed by atoms with Gasteiger partial charge in [0.25, 0.3) is 0 Å². The van der Waals surface area contributed by atoms with E-state index in [1.54, 1.807) is 0 Å². The second-order valence-electron chi connectivity index (χ2n) is 36.2. The Morgan fingerprint density at radius 3 is 0.614 bits per heavy atom. The van der Waals surface area contributed by atoms with Crippen molar-refractivity contribution < 1.29 is 56.8 Å². The van der Waals surface area contributed by atoms with Crippen molar-refractivity contribution in [1.82, 2.24) is 0 Å². The number of anilines is 12. The Bertz CT molecular complexity index is 6000. The van der Waals surface area contributed by atoms with Gasteiger partial charge < -0.3 is 56.8 Å². The van der Waals surface area contributed by atoms with Crippen LogP contribution in [0, 0.1) is 23.7 Å². The summed E-state index contributed by atoms with van der Waals surface area (Å²) in [5, 5.41) is 0. The molecule has 0 radical (unpaired) electrons. The predicted molar refractivity (Wildman–Crippen MR) is 528 cm³/mol. The molecule has 16 nitrogen and oxygen atoms in total. The molecule has 4 atom stereocenters. The van der Waals surface area contributed by atoms with Crippen LogP contribution in [0.5, 0.6) is 115 Å². The van der Waals surface area contributed by atoms with Gasteiger partial charge in [0.2, 0.25) is 0 Å². The largest absolute Gasteiger partial charge is 0.493 e. The first kappa shape index (κ1) is 83.5. The third-order valence-electron chi connectivity index (χ3n) is 27.6. The zero-order valence-corrected chi connectivity index (χ0v) is 76.4. The summed E-state index contributed by atoms with van der Waals surface area (Å²) in [7, 11) is 0. The van der Waals surface area contributed by atoms with Crippen LogP contribution in [0.15, 0.2) is 255 Å². The number of fused-ring (bicyclic) bond motifs is 16. The summed E-state index contributed by atoms with van der Waals surface area (Å²) in [5.41, 5.74) is 18.8. The van der Waals surface area contributed by atoms with Crippen LogP contribution >= 0.6 is 0 Å². The summed E-state index contributed by atoms with van der Waals surface area (Å²) < 4.78 is 86.7. The van der Waals surface area contributed by atoms with Gasteiger partial charge in [-0.2, -0.15) is 0 Å². The van der Waals surface area contributed by atoms with Crippen LogP contribution in [0.1, 0.15) is 158 Å². The molecule has 8 aliphatic rings. The second kappa shape index (κ2) is 35.6. The topological polar surface area (TPSA) is 124 Å². The van der Waals surface area contributed by atoms with Crippen molar-refractivity contribution >= 4 is 68.2 Å². The maximum Gasteiger partial charge on any atom is 0.155 e. The van der Waals surface area contributed by atoms with Crippen LogP contribution in [0.4, 0.5) is 68.2 Å². The molecule has 16 heteroatoms. The first-order valence-corrected chi connectivity index (χ1v) is 48.1. The maximum atomic E-state index is 7.62. The normalized spacial score (nSPS) is 14.2. The van der Waals surface area contributed by atoms with E-state index in [4.69, 9.17) is 56.8 Å². The molecule has 0 aliphatic carbocycles. The summed E-state index contributed by atoms with van der Waals surface area (Å²) in [6, 6.07) is 88.9. The average molecular weight is 1750 g/mol. The molecule has 666 valence electrons. The molecule has 132 heavy (non-hydrogen) atoms. The van der Waals surface area contributed by atoms with Crippen LogP contribution in [0.3, 0.4) is 0 Å². The van der Waals surface area contributed by atoms with Gasteiger partial charge in [-0.25, -0.2) is 0 Å². The number of hydrogen-bond donors (Lipinski definition) is 0. The monoisotopic (exact) mass is 1750 g/mol. The number of hydrogen-bond acceptors (Lipinski definition) is 16. The quantitative estimate of drug-likeness (QED) is 0.0387. The lowest BCUT2D eigenvalue weighted by Crippen LogP contribution is -2.20. The van der Waals surface area contributed by atoms with E-state index in [2.05, 4.69) is 208 Å². The van der Waals surface area contributed by atoms with Gasteiger partial charge in [-0.15, -0.1) is 0 Å². The van der Waals surface area contributed by atoms with Gasteiger partial charge in [-0.1, -0.05) is 205 Å². The standard InChI is InChI=1S/C116H110N4O12/c1-9-17-33-71(13-5)67-121-105-63-89-109(129-101-49-29-45-97-113(101)117(89)85-37-21-25-41-93(85)125-97)59-81(105)77-53-75(54-78(57-77)82-60-110-90(64-106(82)122-68-72(14-6)34-18-10-2)118-86-38-22-26-42-94(86)126-98-46-30-50-102(130-110)114(98)118)76-55-79(83-61-111-91(65-107(83)123-69-73(15-7)35-19-11-3)119-87-39-23-27-43-95(87)127-99-47-31-51-103(131-111)115(99)119)58-80(56-76)84-62-112-92(66-108(84)124-70-74(16-8)36-20-12-4)120-88-40-24-28-44-96(88)128-100-48-32-52-104(132-112)116(100)120/h21-32,37-66,71-74H,9-20,33-36,67-70H2,1-8H3. The molecular formula is C116H110N4O12. The molecule has 0 saturated carbocycles. The van der Waals surface area contributed by atoms with Crippen LogP contribution in [0.25, 0.3) is 55.6 Å². The van der Waals surface area contributed by atoms with Gasteiger partial charge in [0.15, 0.2) is 92.0 Å². The number of benzene rings is 14. The van der Waals surface area contributed by atoms with Crippen LogP contribution in [0.2, 0.25) is 0 Å². The first-order valence-electron chi connectivity index (χ1n) is 48.1. The van der Waals surface area contributed by atoms with E-state index in [0.717, 1.165) is 250 Å². The fourth-order valence-electron chi connectivity index (χ4n) is 20.1. The maximum absolute atomic E-state index is 7.62. The summed E-state index contributed by atoms with van der Waals surface area (Å²) in [5.74, 6) is 15.0. The molecule has 22 rings (SSSR count). The summed E-state index contributed by atoms with van der Waals surface area (Å²) in [6.07, 6.45) is 16.6. The van der Waals surface area contributed by atoms with Gasteiger partial charge in [0, 0.05) is 46.5 Å². The highest BCUT2D eigenvalue weighted by Crippen LogP contribution is 2.67. The van der Waals surface area contributed by atoms with Crippen molar-refractivity contribution in [3.63, 3.8) is 0 Å². The minimum atomic E-state index is 0.275. The minimum absolute atomic E-state index is 0.275. The van der Waals surface area contributed by atoms with E-state index in [-0.39, 0.29) is 23.7 Å². The Morgan fingerprint density at radius 1 is 0.205 bits per heavy atom. The van der Waals surface area contributed by atoms with E-state index in [1.807, 2.05) is 121 Å². The van der Waals surface area contributed by atoms with Crippen molar-refractivity contribution in [3.05, 3.63) is 255 Å². The molecule has 8 aliphatic heterocycles.